The number of guanidine groups is 1. The predicted octanol–water partition coefficient (Wildman–Crippen LogP) is 3.08. The smallest absolute Gasteiger partial charge is 0.244 e. The monoisotopic (exact) mass is 404 g/mol. The summed E-state index contributed by atoms with van der Waals surface area (Å²) in [5, 5.41) is 9.34. The Bertz CT molecular complexity index is 805. The third-order valence-corrected chi connectivity index (χ3v) is 5.91. The molecule has 7 heteroatoms. The molecule has 2 aromatic rings. The van der Waals surface area contributed by atoms with Gasteiger partial charge in [-0.05, 0) is 48.4 Å². The van der Waals surface area contributed by atoms with Gasteiger partial charge in [0.1, 0.15) is 6.54 Å². The topological polar surface area (TPSA) is 56.7 Å². The van der Waals surface area contributed by atoms with Crippen molar-refractivity contribution >= 4 is 34.8 Å². The van der Waals surface area contributed by atoms with E-state index >= 15 is 0 Å². The Balaban J connectivity index is 1.51. The van der Waals surface area contributed by atoms with E-state index in [0.29, 0.717) is 19.0 Å². The van der Waals surface area contributed by atoms with Crippen molar-refractivity contribution in [3.05, 3.63) is 56.7 Å². The van der Waals surface area contributed by atoms with Crippen LogP contribution in [0.15, 0.2) is 40.7 Å². The lowest BCUT2D eigenvalue weighted by molar-refractivity contribution is -0.130. The van der Waals surface area contributed by atoms with Crippen molar-refractivity contribution < 1.29 is 4.79 Å². The highest BCUT2D eigenvalue weighted by Gasteiger charge is 2.21. The number of nitrogens with zero attached hydrogens (tertiary/aromatic N) is 2. The van der Waals surface area contributed by atoms with E-state index in [1.54, 1.807) is 11.3 Å². The van der Waals surface area contributed by atoms with Crippen LogP contribution in [0, 0.1) is 0 Å². The van der Waals surface area contributed by atoms with Gasteiger partial charge in [-0.2, -0.15) is 0 Å². The summed E-state index contributed by atoms with van der Waals surface area (Å²) >= 11 is 7.97. The van der Waals surface area contributed by atoms with Crippen LogP contribution in [0.25, 0.3) is 0 Å². The van der Waals surface area contributed by atoms with Crippen LogP contribution in [0.5, 0.6) is 0 Å². The number of halogens is 1. The number of amides is 1. The lowest BCUT2D eigenvalue weighted by atomic mass is 10.1. The zero-order valence-corrected chi connectivity index (χ0v) is 17.1. The van der Waals surface area contributed by atoms with Gasteiger partial charge in [-0.15, -0.1) is 11.3 Å². The number of benzene rings is 1. The molecule has 0 saturated carbocycles. The molecule has 27 heavy (non-hydrogen) atoms. The minimum Gasteiger partial charge on any atom is -0.357 e. The Labute approximate surface area is 169 Å². The number of nitrogens with one attached hydrogen (secondary N) is 2. The van der Waals surface area contributed by atoms with Gasteiger partial charge in [0, 0.05) is 36.1 Å². The molecule has 0 aliphatic carbocycles. The number of carbonyl (C=O) groups is 1. The Morgan fingerprint density at radius 1 is 1.30 bits per heavy atom. The van der Waals surface area contributed by atoms with Crippen LogP contribution >= 0.6 is 22.9 Å². The van der Waals surface area contributed by atoms with Crippen molar-refractivity contribution in [2.75, 3.05) is 26.2 Å². The highest BCUT2D eigenvalue weighted by Crippen LogP contribution is 2.23. The third kappa shape index (κ3) is 5.47. The molecule has 144 valence electrons. The van der Waals surface area contributed by atoms with Gasteiger partial charge < -0.3 is 15.5 Å². The number of fused-ring (bicyclic) bond motifs is 1. The van der Waals surface area contributed by atoms with E-state index in [-0.39, 0.29) is 12.5 Å². The van der Waals surface area contributed by atoms with Gasteiger partial charge in [-0.3, -0.25) is 4.79 Å². The number of aliphatic imine (C=N–C) groups is 1. The lowest BCUT2D eigenvalue weighted by Gasteiger charge is -2.26. The summed E-state index contributed by atoms with van der Waals surface area (Å²) in [6.45, 7) is 5.08. The average molecular weight is 405 g/mol. The van der Waals surface area contributed by atoms with E-state index in [0.717, 1.165) is 36.5 Å². The molecule has 0 bridgehead atoms. The molecule has 0 unspecified atom stereocenters. The lowest BCUT2D eigenvalue weighted by Crippen LogP contribution is -2.41. The second kappa shape index (κ2) is 9.76. The third-order valence-electron chi connectivity index (χ3n) is 4.52. The van der Waals surface area contributed by atoms with Gasteiger partial charge in [-0.25, -0.2) is 4.99 Å². The summed E-state index contributed by atoms with van der Waals surface area (Å²) in [7, 11) is 0. The zero-order valence-electron chi connectivity index (χ0n) is 15.5. The van der Waals surface area contributed by atoms with Crippen LogP contribution in [0.1, 0.15) is 22.9 Å². The van der Waals surface area contributed by atoms with Gasteiger partial charge in [-0.1, -0.05) is 29.8 Å². The number of rotatable bonds is 6. The number of hydrogen-bond donors (Lipinski definition) is 2. The van der Waals surface area contributed by atoms with Crippen molar-refractivity contribution in [3.8, 4) is 0 Å². The fourth-order valence-corrected chi connectivity index (χ4v) is 4.19. The van der Waals surface area contributed by atoms with Crippen LogP contribution in [-0.2, 0) is 24.2 Å². The summed E-state index contributed by atoms with van der Waals surface area (Å²) in [5.41, 5.74) is 2.37. The maximum atomic E-state index is 12.5. The highest BCUT2D eigenvalue weighted by atomic mass is 35.5. The summed E-state index contributed by atoms with van der Waals surface area (Å²) in [6.07, 6.45) is 1.74. The predicted molar refractivity (Wildman–Crippen MR) is 113 cm³/mol. The molecule has 5 nitrogen and oxygen atoms in total. The van der Waals surface area contributed by atoms with Crippen molar-refractivity contribution in [1.82, 2.24) is 15.5 Å². The molecular weight excluding hydrogens is 380 g/mol. The van der Waals surface area contributed by atoms with Crippen LogP contribution in [0.4, 0.5) is 0 Å². The van der Waals surface area contributed by atoms with Crippen LogP contribution < -0.4 is 10.6 Å². The van der Waals surface area contributed by atoms with Crippen LogP contribution in [0.3, 0.4) is 0 Å². The molecule has 0 radical (unpaired) electrons. The van der Waals surface area contributed by atoms with E-state index in [1.807, 2.05) is 36.1 Å². The maximum Gasteiger partial charge on any atom is 0.244 e. The first kappa shape index (κ1) is 19.7. The second-order valence-electron chi connectivity index (χ2n) is 6.40. The molecule has 0 saturated heterocycles. The molecule has 0 atom stereocenters. The molecule has 0 spiro atoms. The fourth-order valence-electron chi connectivity index (χ4n) is 3.07. The van der Waals surface area contributed by atoms with E-state index in [9.17, 15) is 4.79 Å². The Hall–Kier alpha value is -2.05. The number of hydrogen-bond acceptors (Lipinski definition) is 3. The zero-order chi connectivity index (χ0) is 19.1. The summed E-state index contributed by atoms with van der Waals surface area (Å²) in [5.74, 6) is 0.723. The van der Waals surface area contributed by atoms with Crippen molar-refractivity contribution in [1.29, 1.82) is 0 Å². The van der Waals surface area contributed by atoms with E-state index in [2.05, 4.69) is 27.1 Å². The normalized spacial score (nSPS) is 14.0. The van der Waals surface area contributed by atoms with Gasteiger partial charge in [0.05, 0.1) is 0 Å². The number of carbonyl (C=O) groups excluding carboxylic acids is 1. The number of thiophene rings is 1. The second-order valence-corrected chi connectivity index (χ2v) is 7.81. The van der Waals surface area contributed by atoms with E-state index < -0.39 is 0 Å². The molecular formula is C20H25ClN4OS. The molecule has 1 aromatic carbocycles. The molecule has 1 amide bonds. The van der Waals surface area contributed by atoms with Crippen molar-refractivity contribution in [2.24, 2.45) is 4.99 Å². The summed E-state index contributed by atoms with van der Waals surface area (Å²) < 4.78 is 0. The first-order valence-electron chi connectivity index (χ1n) is 9.26. The quantitative estimate of drug-likeness (QED) is 0.574. The van der Waals surface area contributed by atoms with Gasteiger partial charge in [0.25, 0.3) is 0 Å². The first-order chi connectivity index (χ1) is 13.2. The maximum absolute atomic E-state index is 12.5. The highest BCUT2D eigenvalue weighted by molar-refractivity contribution is 7.10. The SMILES string of the molecule is CCNC(=NCC(=O)N1CCc2sccc2C1)NCCc1ccccc1Cl. The molecule has 2 N–H and O–H groups in total. The summed E-state index contributed by atoms with van der Waals surface area (Å²) in [4.78, 5) is 20.3. The minimum atomic E-state index is 0.0650. The standard InChI is InChI=1S/C20H25ClN4OS/c1-2-22-20(23-10-7-15-5-3-4-6-17(15)21)24-13-19(26)25-11-8-18-16(14-25)9-12-27-18/h3-6,9,12H,2,7-8,10-11,13-14H2,1H3,(H2,22,23,24). The molecule has 0 fully saturated rings. The van der Waals surface area contributed by atoms with Gasteiger partial charge in [0.2, 0.25) is 5.91 Å². The Morgan fingerprint density at radius 3 is 2.96 bits per heavy atom. The largest absolute Gasteiger partial charge is 0.357 e. The molecule has 1 aliphatic heterocycles. The molecule has 1 aromatic heterocycles. The van der Waals surface area contributed by atoms with E-state index in [1.165, 1.54) is 10.4 Å². The minimum absolute atomic E-state index is 0.0650. The fraction of sp³-hybridized carbons (Fsp3) is 0.400. The van der Waals surface area contributed by atoms with Crippen molar-refractivity contribution in [2.45, 2.75) is 26.3 Å². The summed E-state index contributed by atoms with van der Waals surface area (Å²) in [6, 6.07) is 9.94. The van der Waals surface area contributed by atoms with Crippen LogP contribution in [0.2, 0.25) is 5.02 Å². The molecule has 3 rings (SSSR count). The van der Waals surface area contributed by atoms with Gasteiger partial charge >= 0.3 is 0 Å². The molecule has 1 aliphatic rings. The Kier molecular flexibility index (Phi) is 7.12. The first-order valence-corrected chi connectivity index (χ1v) is 10.5. The Morgan fingerprint density at radius 2 is 2.15 bits per heavy atom. The average Bonchev–Trinajstić information content (AvgIpc) is 3.15. The van der Waals surface area contributed by atoms with Crippen molar-refractivity contribution in [3.63, 3.8) is 0 Å². The van der Waals surface area contributed by atoms with E-state index in [4.69, 9.17) is 11.6 Å². The van der Waals surface area contributed by atoms with Crippen LogP contribution in [-0.4, -0.2) is 42.9 Å². The molecule has 2 heterocycles. The van der Waals surface area contributed by atoms with Gasteiger partial charge in [0.15, 0.2) is 5.96 Å².